The van der Waals surface area contributed by atoms with Crippen molar-refractivity contribution >= 4 is 5.91 Å². The van der Waals surface area contributed by atoms with E-state index >= 15 is 0 Å². The molecule has 4 rings (SSSR count). The number of ether oxygens (including phenoxy) is 1. The van der Waals surface area contributed by atoms with Crippen molar-refractivity contribution in [1.29, 1.82) is 5.26 Å². The van der Waals surface area contributed by atoms with Gasteiger partial charge in [-0.3, -0.25) is 4.79 Å². The van der Waals surface area contributed by atoms with Crippen LogP contribution in [0.1, 0.15) is 29.0 Å². The Kier molecular flexibility index (Phi) is 7.58. The average molecular weight is 456 g/mol. The van der Waals surface area contributed by atoms with Gasteiger partial charge in [-0.1, -0.05) is 48.5 Å². The van der Waals surface area contributed by atoms with Gasteiger partial charge in [0.05, 0.1) is 18.7 Å². The molecule has 3 aromatic carbocycles. The molecule has 0 saturated carbocycles. The summed E-state index contributed by atoms with van der Waals surface area (Å²) in [6.45, 7) is 1.35. The number of nitrogens with one attached hydrogen (secondary N) is 1. The predicted molar refractivity (Wildman–Crippen MR) is 131 cm³/mol. The molecule has 2 atom stereocenters. The number of carbonyl (C=O) groups excluding carboxylic acids is 1. The van der Waals surface area contributed by atoms with E-state index in [4.69, 9.17) is 10.00 Å². The van der Waals surface area contributed by atoms with E-state index in [-0.39, 0.29) is 17.9 Å². The molecule has 0 aromatic heterocycles. The van der Waals surface area contributed by atoms with Crippen LogP contribution in [0.15, 0.2) is 72.8 Å². The lowest BCUT2D eigenvalue weighted by atomic mass is 9.85. The minimum atomic E-state index is -0.459. The van der Waals surface area contributed by atoms with Crippen molar-refractivity contribution in [1.82, 2.24) is 10.2 Å². The second-order valence-corrected chi connectivity index (χ2v) is 8.51. The van der Waals surface area contributed by atoms with E-state index in [0.717, 1.165) is 28.9 Å². The van der Waals surface area contributed by atoms with Gasteiger partial charge in [0.1, 0.15) is 12.4 Å². The number of piperidine rings is 1. The van der Waals surface area contributed by atoms with Crippen molar-refractivity contribution in [3.8, 4) is 22.9 Å². The third kappa shape index (κ3) is 5.28. The maximum absolute atomic E-state index is 12.1. The fourth-order valence-electron chi connectivity index (χ4n) is 4.64. The molecule has 174 valence electrons. The highest BCUT2D eigenvalue weighted by atomic mass is 16.5. The third-order valence-electron chi connectivity index (χ3n) is 6.51. The number of nitrogens with zero attached hydrogens (tertiary/aromatic N) is 2. The summed E-state index contributed by atoms with van der Waals surface area (Å²) in [5.41, 5.74) is 4.96. The molecule has 6 heteroatoms. The molecule has 1 heterocycles. The van der Waals surface area contributed by atoms with Gasteiger partial charge >= 0.3 is 0 Å². The molecule has 0 radical (unpaired) electrons. The van der Waals surface area contributed by atoms with Gasteiger partial charge in [0, 0.05) is 37.2 Å². The Labute approximate surface area is 200 Å². The Balaban J connectivity index is 1.54. The highest BCUT2D eigenvalue weighted by Gasteiger charge is 2.32. The summed E-state index contributed by atoms with van der Waals surface area (Å²) in [7, 11) is 1.67. The van der Waals surface area contributed by atoms with Gasteiger partial charge in [0.2, 0.25) is 5.91 Å². The van der Waals surface area contributed by atoms with Crippen molar-refractivity contribution < 1.29 is 14.6 Å². The van der Waals surface area contributed by atoms with E-state index in [1.807, 2.05) is 54.6 Å². The molecule has 0 bridgehead atoms. The number of methoxy groups -OCH3 is 1. The predicted octanol–water partition coefficient (Wildman–Crippen LogP) is 3.70. The quantitative estimate of drug-likeness (QED) is 0.567. The highest BCUT2D eigenvalue weighted by Crippen LogP contribution is 2.30. The van der Waals surface area contributed by atoms with Crippen LogP contribution in [0.2, 0.25) is 0 Å². The van der Waals surface area contributed by atoms with E-state index in [1.54, 1.807) is 12.0 Å². The van der Waals surface area contributed by atoms with E-state index < -0.39 is 6.61 Å². The van der Waals surface area contributed by atoms with Crippen LogP contribution >= 0.6 is 0 Å². The highest BCUT2D eigenvalue weighted by molar-refractivity contribution is 5.77. The van der Waals surface area contributed by atoms with Crippen molar-refractivity contribution in [3.05, 3.63) is 89.5 Å². The summed E-state index contributed by atoms with van der Waals surface area (Å²) in [6, 6.07) is 26.2. The molecule has 0 unspecified atom stereocenters. The molecule has 1 amide bonds. The largest absolute Gasteiger partial charge is 0.496 e. The van der Waals surface area contributed by atoms with Crippen LogP contribution in [-0.4, -0.2) is 48.8 Å². The molecule has 0 spiro atoms. The number of amides is 1. The molecular weight excluding hydrogens is 426 g/mol. The summed E-state index contributed by atoms with van der Waals surface area (Å²) >= 11 is 0. The van der Waals surface area contributed by atoms with Gasteiger partial charge < -0.3 is 20.1 Å². The zero-order valence-electron chi connectivity index (χ0n) is 19.3. The summed E-state index contributed by atoms with van der Waals surface area (Å²) < 4.78 is 5.62. The molecule has 1 fully saturated rings. The summed E-state index contributed by atoms with van der Waals surface area (Å²) in [5.74, 6) is 0.711. The first-order chi connectivity index (χ1) is 16.6. The Morgan fingerprint density at radius 3 is 2.53 bits per heavy atom. The van der Waals surface area contributed by atoms with Gasteiger partial charge in [-0.05, 0) is 47.4 Å². The topological polar surface area (TPSA) is 85.6 Å². The first kappa shape index (κ1) is 23.5. The molecule has 1 aliphatic heterocycles. The maximum atomic E-state index is 12.1. The fraction of sp³-hybridized carbons (Fsp3) is 0.286. The number of benzene rings is 3. The number of aliphatic hydroxyl groups is 1. The normalized spacial score (nSPS) is 17.7. The lowest BCUT2D eigenvalue weighted by Gasteiger charge is -2.39. The monoisotopic (exact) mass is 455 g/mol. The van der Waals surface area contributed by atoms with E-state index in [1.165, 1.54) is 5.56 Å². The molecule has 34 heavy (non-hydrogen) atoms. The Morgan fingerprint density at radius 2 is 1.85 bits per heavy atom. The standard InChI is InChI=1S/C28H29N3O3/c1-34-27-12-11-23(21-9-7-20(16-29)8-10-21)15-24(27)17-30-26-13-14-31(28(33)19-32)18-25(26)22-5-3-2-4-6-22/h2-12,15,25-26,30,32H,13-14,17-19H2,1H3/t25-,26-/m0/s1. The summed E-state index contributed by atoms with van der Waals surface area (Å²) in [5, 5.41) is 22.1. The first-order valence-electron chi connectivity index (χ1n) is 11.5. The maximum Gasteiger partial charge on any atom is 0.248 e. The van der Waals surface area contributed by atoms with E-state index in [2.05, 4.69) is 29.6 Å². The third-order valence-corrected chi connectivity index (χ3v) is 6.51. The second-order valence-electron chi connectivity index (χ2n) is 8.51. The van der Waals surface area contributed by atoms with Crippen LogP contribution in [0.25, 0.3) is 11.1 Å². The summed E-state index contributed by atoms with van der Waals surface area (Å²) in [6.07, 6.45) is 0.795. The molecule has 6 nitrogen and oxygen atoms in total. The lowest BCUT2D eigenvalue weighted by Crippen LogP contribution is -2.50. The van der Waals surface area contributed by atoms with Crippen LogP contribution < -0.4 is 10.1 Å². The Morgan fingerprint density at radius 1 is 1.12 bits per heavy atom. The number of nitriles is 1. The van der Waals surface area contributed by atoms with Gasteiger partial charge in [-0.25, -0.2) is 0 Å². The smallest absolute Gasteiger partial charge is 0.248 e. The van der Waals surface area contributed by atoms with Gasteiger partial charge in [0.25, 0.3) is 0 Å². The van der Waals surface area contributed by atoms with Crippen molar-refractivity contribution in [2.75, 3.05) is 26.8 Å². The summed E-state index contributed by atoms with van der Waals surface area (Å²) in [4.78, 5) is 13.9. The SMILES string of the molecule is COc1ccc(-c2ccc(C#N)cc2)cc1CN[C@H]1CCN(C(=O)CO)C[C@H]1c1ccccc1. The number of likely N-dealkylation sites (tertiary alicyclic amines) is 1. The average Bonchev–Trinajstić information content (AvgIpc) is 2.91. The molecular formula is C28H29N3O3. The second kappa shape index (κ2) is 11.0. The lowest BCUT2D eigenvalue weighted by molar-refractivity contribution is -0.135. The number of rotatable bonds is 7. The number of hydrogen-bond acceptors (Lipinski definition) is 5. The Bertz CT molecular complexity index is 1160. The molecule has 1 aliphatic rings. The van der Waals surface area contributed by atoms with Crippen molar-refractivity contribution in [2.24, 2.45) is 0 Å². The van der Waals surface area contributed by atoms with Crippen LogP contribution in [0.3, 0.4) is 0 Å². The zero-order valence-corrected chi connectivity index (χ0v) is 19.3. The number of hydrogen-bond donors (Lipinski definition) is 2. The zero-order chi connectivity index (χ0) is 23.9. The van der Waals surface area contributed by atoms with Crippen LogP contribution in [-0.2, 0) is 11.3 Å². The molecule has 3 aromatic rings. The molecule has 1 saturated heterocycles. The fourth-order valence-corrected chi connectivity index (χ4v) is 4.64. The van der Waals surface area contributed by atoms with E-state index in [0.29, 0.717) is 25.2 Å². The van der Waals surface area contributed by atoms with Crippen LogP contribution in [0.4, 0.5) is 0 Å². The minimum Gasteiger partial charge on any atom is -0.496 e. The molecule has 2 N–H and O–H groups in total. The minimum absolute atomic E-state index is 0.123. The van der Waals surface area contributed by atoms with Crippen LogP contribution in [0, 0.1) is 11.3 Å². The van der Waals surface area contributed by atoms with Gasteiger partial charge in [-0.15, -0.1) is 0 Å². The van der Waals surface area contributed by atoms with Crippen molar-refractivity contribution in [3.63, 3.8) is 0 Å². The van der Waals surface area contributed by atoms with Crippen LogP contribution in [0.5, 0.6) is 5.75 Å². The number of aliphatic hydroxyl groups excluding tert-OH is 1. The van der Waals surface area contributed by atoms with Crippen molar-refractivity contribution in [2.45, 2.75) is 24.9 Å². The van der Waals surface area contributed by atoms with Gasteiger partial charge in [-0.2, -0.15) is 5.26 Å². The number of carbonyl (C=O) groups is 1. The van der Waals surface area contributed by atoms with E-state index in [9.17, 15) is 9.90 Å². The first-order valence-corrected chi connectivity index (χ1v) is 11.5. The Hall–Kier alpha value is -3.66. The molecule has 0 aliphatic carbocycles. The van der Waals surface area contributed by atoms with Gasteiger partial charge in [0.15, 0.2) is 0 Å².